The average Bonchev–Trinajstić information content (AvgIpc) is 3.68. The number of rotatable bonds is 8. The molecule has 0 unspecified atom stereocenters. The summed E-state index contributed by atoms with van der Waals surface area (Å²) >= 11 is 0. The van der Waals surface area contributed by atoms with E-state index >= 15 is 0 Å². The second kappa shape index (κ2) is 11.9. The van der Waals surface area contributed by atoms with E-state index in [1.165, 1.54) is 17.0 Å². The SMILES string of the molecule is CC(C)(C)C[C@H](NC(=O)[C@H](CC1CC1)NC(=O)c1cccc2cc(F)ccc12)C(=O)N1C[C@]2(C[C@H]1C#N)C(=O)Nc1ccccc12. The van der Waals surface area contributed by atoms with E-state index in [0.717, 1.165) is 18.4 Å². The number of para-hydroxylation sites is 1. The van der Waals surface area contributed by atoms with Crippen molar-refractivity contribution in [1.82, 2.24) is 15.5 Å². The van der Waals surface area contributed by atoms with Gasteiger partial charge in [0.05, 0.1) is 11.5 Å². The first-order chi connectivity index (χ1) is 21.9. The molecule has 0 bridgehead atoms. The van der Waals surface area contributed by atoms with Gasteiger partial charge in [0.15, 0.2) is 0 Å². The first-order valence-corrected chi connectivity index (χ1v) is 15.8. The third kappa shape index (κ3) is 6.06. The number of nitrogens with zero attached hydrogens (tertiary/aromatic N) is 2. The van der Waals surface area contributed by atoms with Crippen molar-refractivity contribution in [3.05, 3.63) is 77.6 Å². The zero-order valence-corrected chi connectivity index (χ0v) is 26.2. The molecule has 238 valence electrons. The van der Waals surface area contributed by atoms with Gasteiger partial charge in [-0.25, -0.2) is 4.39 Å². The molecule has 6 rings (SSSR count). The van der Waals surface area contributed by atoms with Crippen LogP contribution in [0.4, 0.5) is 10.1 Å². The van der Waals surface area contributed by atoms with Gasteiger partial charge in [0.2, 0.25) is 17.7 Å². The minimum Gasteiger partial charge on any atom is -0.342 e. The molecule has 4 amide bonds. The van der Waals surface area contributed by atoms with Crippen molar-refractivity contribution in [3.63, 3.8) is 0 Å². The zero-order valence-electron chi connectivity index (χ0n) is 26.2. The van der Waals surface area contributed by atoms with Crippen LogP contribution in [0.2, 0.25) is 0 Å². The van der Waals surface area contributed by atoms with E-state index in [-0.39, 0.29) is 36.6 Å². The number of hydrogen-bond donors (Lipinski definition) is 3. The Morgan fingerprint density at radius 3 is 2.54 bits per heavy atom. The van der Waals surface area contributed by atoms with Crippen molar-refractivity contribution < 1.29 is 23.6 Å². The summed E-state index contributed by atoms with van der Waals surface area (Å²) < 4.78 is 13.8. The van der Waals surface area contributed by atoms with Gasteiger partial charge < -0.3 is 20.9 Å². The minimum atomic E-state index is -1.05. The van der Waals surface area contributed by atoms with Crippen LogP contribution in [0, 0.1) is 28.5 Å². The highest BCUT2D eigenvalue weighted by Crippen LogP contribution is 2.46. The molecule has 4 atom stereocenters. The summed E-state index contributed by atoms with van der Waals surface area (Å²) in [6.07, 6.45) is 2.74. The summed E-state index contributed by atoms with van der Waals surface area (Å²) in [4.78, 5) is 56.5. The van der Waals surface area contributed by atoms with E-state index in [1.54, 1.807) is 30.3 Å². The van der Waals surface area contributed by atoms with E-state index in [1.807, 2.05) is 39.0 Å². The molecule has 1 aliphatic carbocycles. The van der Waals surface area contributed by atoms with Crippen LogP contribution in [0.15, 0.2) is 60.7 Å². The Kier molecular flexibility index (Phi) is 8.05. The Morgan fingerprint density at radius 2 is 1.83 bits per heavy atom. The standard InChI is InChI=1S/C36H38FN5O4/c1-35(2,3)18-30(33(45)42-20-36(17-24(42)19-38)27-9-4-5-10-28(27)41-34(36)46)40-32(44)29(15-21-11-12-21)39-31(43)26-8-6-7-22-16-23(37)13-14-25(22)26/h4-10,13-14,16,21,24,29-30H,11-12,15,17-18,20H2,1-3H3,(H,39,43)(H,40,44)(H,41,46)/t24-,29-,30-,36-/m0/s1. The quantitative estimate of drug-likeness (QED) is 0.331. The molecule has 0 radical (unpaired) electrons. The summed E-state index contributed by atoms with van der Waals surface area (Å²) in [7, 11) is 0. The zero-order chi connectivity index (χ0) is 32.8. The number of amides is 4. The molecule has 2 aliphatic heterocycles. The third-order valence-corrected chi connectivity index (χ3v) is 9.32. The molecule has 3 aromatic rings. The van der Waals surface area contributed by atoms with Crippen molar-refractivity contribution in [3.8, 4) is 6.07 Å². The van der Waals surface area contributed by atoms with Gasteiger partial charge in [-0.3, -0.25) is 19.2 Å². The van der Waals surface area contributed by atoms with Crippen LogP contribution in [0.1, 0.15) is 68.8 Å². The molecule has 3 aromatic carbocycles. The molecule has 10 heteroatoms. The van der Waals surface area contributed by atoms with E-state index in [9.17, 15) is 28.8 Å². The highest BCUT2D eigenvalue weighted by atomic mass is 19.1. The fourth-order valence-electron chi connectivity index (χ4n) is 6.88. The first kappa shape index (κ1) is 31.2. The second-order valence-electron chi connectivity index (χ2n) is 14.1. The van der Waals surface area contributed by atoms with Crippen molar-refractivity contribution in [1.29, 1.82) is 5.26 Å². The summed E-state index contributed by atoms with van der Waals surface area (Å²) in [6.45, 7) is 5.90. The van der Waals surface area contributed by atoms with Crippen LogP contribution in [0.25, 0.3) is 10.8 Å². The molecular weight excluding hydrogens is 585 g/mol. The normalized spacial score (nSPS) is 21.8. The molecule has 2 fully saturated rings. The summed E-state index contributed by atoms with van der Waals surface area (Å²) in [5.74, 6) is -1.77. The lowest BCUT2D eigenvalue weighted by molar-refractivity contribution is -0.138. The minimum absolute atomic E-state index is 0.0212. The number of likely N-dealkylation sites (tertiary alicyclic amines) is 1. The summed E-state index contributed by atoms with van der Waals surface area (Å²) in [6, 6.07) is 16.0. The number of carbonyl (C=O) groups is 4. The van der Waals surface area contributed by atoms with Crippen molar-refractivity contribution in [2.24, 2.45) is 11.3 Å². The lowest BCUT2D eigenvalue weighted by atomic mass is 9.80. The molecule has 9 nitrogen and oxygen atoms in total. The van der Waals surface area contributed by atoms with Gasteiger partial charge in [-0.2, -0.15) is 5.26 Å². The van der Waals surface area contributed by atoms with Crippen molar-refractivity contribution in [2.45, 2.75) is 76.4 Å². The monoisotopic (exact) mass is 623 g/mol. The van der Waals surface area contributed by atoms with Gasteiger partial charge in [-0.15, -0.1) is 0 Å². The third-order valence-electron chi connectivity index (χ3n) is 9.32. The predicted octanol–water partition coefficient (Wildman–Crippen LogP) is 4.81. The maximum atomic E-state index is 14.3. The van der Waals surface area contributed by atoms with Crippen LogP contribution in [0.5, 0.6) is 0 Å². The topological polar surface area (TPSA) is 131 Å². The Morgan fingerprint density at radius 1 is 1.07 bits per heavy atom. The van der Waals surface area contributed by atoms with Crippen LogP contribution in [0.3, 0.4) is 0 Å². The number of anilines is 1. The smallest absolute Gasteiger partial charge is 0.252 e. The molecule has 3 aliphatic rings. The van der Waals surface area contributed by atoms with E-state index in [0.29, 0.717) is 28.4 Å². The molecule has 1 spiro atoms. The molecule has 1 saturated heterocycles. The fourth-order valence-corrected chi connectivity index (χ4v) is 6.88. The number of fused-ring (bicyclic) bond motifs is 3. The lowest BCUT2D eigenvalue weighted by Crippen LogP contribution is -2.56. The van der Waals surface area contributed by atoms with Gasteiger partial charge in [-0.1, -0.05) is 70.0 Å². The molecule has 2 heterocycles. The van der Waals surface area contributed by atoms with E-state index in [4.69, 9.17) is 0 Å². The molecule has 1 saturated carbocycles. The Bertz CT molecular complexity index is 1770. The van der Waals surface area contributed by atoms with E-state index in [2.05, 4.69) is 22.0 Å². The maximum Gasteiger partial charge on any atom is 0.252 e. The van der Waals surface area contributed by atoms with Gasteiger partial charge in [0, 0.05) is 24.2 Å². The number of hydrogen-bond acceptors (Lipinski definition) is 5. The Balaban J connectivity index is 1.25. The van der Waals surface area contributed by atoms with Gasteiger partial charge >= 0.3 is 0 Å². The maximum absolute atomic E-state index is 14.3. The summed E-state index contributed by atoms with van der Waals surface area (Å²) in [5, 5.41) is 20.0. The lowest BCUT2D eigenvalue weighted by Gasteiger charge is -2.32. The predicted molar refractivity (Wildman–Crippen MR) is 171 cm³/mol. The van der Waals surface area contributed by atoms with Crippen LogP contribution < -0.4 is 16.0 Å². The van der Waals surface area contributed by atoms with Crippen molar-refractivity contribution in [2.75, 3.05) is 11.9 Å². The number of carbonyl (C=O) groups excluding carboxylic acids is 4. The number of nitriles is 1. The Hall–Kier alpha value is -4.78. The molecule has 3 N–H and O–H groups in total. The summed E-state index contributed by atoms with van der Waals surface area (Å²) in [5.41, 5.74) is 0.330. The first-order valence-electron chi connectivity index (χ1n) is 15.8. The average molecular weight is 624 g/mol. The van der Waals surface area contributed by atoms with Gasteiger partial charge in [0.25, 0.3) is 5.91 Å². The largest absolute Gasteiger partial charge is 0.342 e. The fraction of sp³-hybridized carbons (Fsp3) is 0.417. The highest BCUT2D eigenvalue weighted by Gasteiger charge is 2.56. The van der Waals surface area contributed by atoms with Crippen LogP contribution in [-0.4, -0.2) is 53.2 Å². The van der Waals surface area contributed by atoms with Crippen LogP contribution in [-0.2, 0) is 19.8 Å². The number of halogens is 1. The molecular formula is C36H38FN5O4. The van der Waals surface area contributed by atoms with E-state index < -0.39 is 47.1 Å². The molecule has 0 aromatic heterocycles. The van der Waals surface area contributed by atoms with Crippen molar-refractivity contribution >= 4 is 40.1 Å². The Labute approximate surface area is 267 Å². The molecule has 46 heavy (non-hydrogen) atoms. The van der Waals surface area contributed by atoms with Gasteiger partial charge in [0.1, 0.15) is 23.9 Å². The van der Waals surface area contributed by atoms with Gasteiger partial charge in [-0.05, 0) is 64.8 Å². The number of nitrogens with one attached hydrogen (secondary N) is 3. The second-order valence-corrected chi connectivity index (χ2v) is 14.1. The van der Waals surface area contributed by atoms with Crippen LogP contribution >= 0.6 is 0 Å². The number of benzene rings is 3. The highest BCUT2D eigenvalue weighted by molar-refractivity contribution is 6.09.